The van der Waals surface area contributed by atoms with E-state index < -0.39 is 0 Å². The van der Waals surface area contributed by atoms with Gasteiger partial charge in [-0.05, 0) is 11.6 Å². The number of hydrogen-bond acceptors (Lipinski definition) is 4. The van der Waals surface area contributed by atoms with Crippen LogP contribution in [0.4, 0.5) is 0 Å². The number of carbonyl (C=O) groups excluding carboxylic acids is 1. The molecule has 1 aromatic rings. The Morgan fingerprint density at radius 1 is 1.32 bits per heavy atom. The van der Waals surface area contributed by atoms with E-state index in [9.17, 15) is 4.79 Å². The van der Waals surface area contributed by atoms with Crippen molar-refractivity contribution in [1.29, 1.82) is 5.26 Å². The second-order valence-corrected chi connectivity index (χ2v) is 4.79. The van der Waals surface area contributed by atoms with Gasteiger partial charge in [0.05, 0.1) is 13.2 Å². The van der Waals surface area contributed by atoms with E-state index >= 15 is 0 Å². The van der Waals surface area contributed by atoms with Gasteiger partial charge in [0.15, 0.2) is 0 Å². The van der Waals surface area contributed by atoms with E-state index in [1.165, 1.54) is 0 Å². The fourth-order valence-corrected chi connectivity index (χ4v) is 2.11. The summed E-state index contributed by atoms with van der Waals surface area (Å²) in [7, 11) is 0. The lowest BCUT2D eigenvalue weighted by molar-refractivity contribution is -0.117. The van der Waals surface area contributed by atoms with Crippen molar-refractivity contribution in [3.8, 4) is 6.07 Å². The summed E-state index contributed by atoms with van der Waals surface area (Å²) in [5.41, 5.74) is 0.973. The monoisotopic (exact) mass is 321 g/mol. The van der Waals surface area contributed by atoms with Gasteiger partial charge in [0, 0.05) is 26.2 Å². The van der Waals surface area contributed by atoms with Crippen molar-refractivity contribution in [1.82, 2.24) is 10.2 Å². The van der Waals surface area contributed by atoms with E-state index in [2.05, 4.69) is 10.2 Å². The molecule has 0 spiro atoms. The zero-order chi connectivity index (χ0) is 14.9. The van der Waals surface area contributed by atoms with E-state index in [1.807, 2.05) is 36.4 Å². The van der Waals surface area contributed by atoms with Gasteiger partial charge in [0.1, 0.15) is 11.6 Å². The zero-order valence-electron chi connectivity index (χ0n) is 12.3. The number of nitrogens with one attached hydrogen (secondary N) is 1. The van der Waals surface area contributed by atoms with Gasteiger partial charge in [-0.2, -0.15) is 5.26 Å². The van der Waals surface area contributed by atoms with E-state index in [-0.39, 0.29) is 23.9 Å². The number of carbonyl (C=O) groups is 1. The number of rotatable bonds is 5. The van der Waals surface area contributed by atoms with Gasteiger partial charge in [0.2, 0.25) is 0 Å². The van der Waals surface area contributed by atoms with E-state index in [0.29, 0.717) is 6.54 Å². The molecule has 0 unspecified atom stereocenters. The summed E-state index contributed by atoms with van der Waals surface area (Å²) in [5.74, 6) is -0.324. The van der Waals surface area contributed by atoms with Crippen molar-refractivity contribution in [3.63, 3.8) is 0 Å². The van der Waals surface area contributed by atoms with Gasteiger partial charge in [-0.1, -0.05) is 30.3 Å². The van der Waals surface area contributed by atoms with E-state index in [0.717, 1.165) is 38.4 Å². The van der Waals surface area contributed by atoms with Crippen molar-refractivity contribution < 1.29 is 9.53 Å². The maximum absolute atomic E-state index is 12.0. The average Bonchev–Trinajstić information content (AvgIpc) is 2.54. The third-order valence-electron chi connectivity index (χ3n) is 3.29. The van der Waals surface area contributed by atoms with Crippen LogP contribution in [0.15, 0.2) is 35.9 Å². The molecular formula is C16H20ClN3O2. The Morgan fingerprint density at radius 2 is 2.00 bits per heavy atom. The minimum absolute atomic E-state index is 0. The maximum atomic E-state index is 12.0. The molecule has 0 radical (unpaired) electrons. The topological polar surface area (TPSA) is 65.4 Å². The number of amides is 1. The van der Waals surface area contributed by atoms with Crippen molar-refractivity contribution in [2.45, 2.75) is 0 Å². The van der Waals surface area contributed by atoms with Gasteiger partial charge in [-0.15, -0.1) is 12.4 Å². The van der Waals surface area contributed by atoms with Crippen LogP contribution in [-0.4, -0.2) is 50.2 Å². The molecular weight excluding hydrogens is 302 g/mol. The maximum Gasteiger partial charge on any atom is 0.261 e. The third-order valence-corrected chi connectivity index (χ3v) is 3.29. The summed E-state index contributed by atoms with van der Waals surface area (Å²) < 4.78 is 5.27. The van der Waals surface area contributed by atoms with Crippen LogP contribution in [0.1, 0.15) is 5.56 Å². The first kappa shape index (κ1) is 18.2. The van der Waals surface area contributed by atoms with Gasteiger partial charge in [-0.3, -0.25) is 9.69 Å². The number of nitrogens with zero attached hydrogens (tertiary/aromatic N) is 2. The predicted octanol–water partition coefficient (Wildman–Crippen LogP) is 1.46. The minimum Gasteiger partial charge on any atom is -0.379 e. The summed E-state index contributed by atoms with van der Waals surface area (Å²) in [4.78, 5) is 14.2. The number of halogens is 1. The van der Waals surface area contributed by atoms with Crippen LogP contribution in [0.2, 0.25) is 0 Å². The second-order valence-electron chi connectivity index (χ2n) is 4.79. The van der Waals surface area contributed by atoms with E-state index in [4.69, 9.17) is 10.00 Å². The highest BCUT2D eigenvalue weighted by atomic mass is 35.5. The highest BCUT2D eigenvalue weighted by Crippen LogP contribution is 2.06. The van der Waals surface area contributed by atoms with Crippen molar-refractivity contribution in [3.05, 3.63) is 41.5 Å². The molecule has 6 heteroatoms. The molecule has 0 atom stereocenters. The molecule has 2 rings (SSSR count). The van der Waals surface area contributed by atoms with Crippen molar-refractivity contribution in [2.75, 3.05) is 39.4 Å². The molecule has 1 aromatic carbocycles. The van der Waals surface area contributed by atoms with E-state index in [1.54, 1.807) is 6.08 Å². The average molecular weight is 322 g/mol. The SMILES string of the molecule is Cl.N#CC(=Cc1ccccc1)C(=O)NCCN1CCOCC1. The molecule has 0 aromatic heterocycles. The quantitative estimate of drug-likeness (QED) is 0.659. The van der Waals surface area contributed by atoms with Crippen LogP contribution in [0.5, 0.6) is 0 Å². The summed E-state index contributed by atoms with van der Waals surface area (Å²) in [6, 6.07) is 11.3. The molecule has 0 bridgehead atoms. The third kappa shape index (κ3) is 5.86. The molecule has 1 aliphatic rings. The van der Waals surface area contributed by atoms with Gasteiger partial charge in [-0.25, -0.2) is 0 Å². The lowest BCUT2D eigenvalue weighted by Crippen LogP contribution is -2.41. The largest absolute Gasteiger partial charge is 0.379 e. The Balaban J connectivity index is 0.00000242. The molecule has 0 aliphatic carbocycles. The van der Waals surface area contributed by atoms with Crippen LogP contribution in [0, 0.1) is 11.3 Å². The van der Waals surface area contributed by atoms with Crippen LogP contribution in [-0.2, 0) is 9.53 Å². The van der Waals surface area contributed by atoms with Gasteiger partial charge < -0.3 is 10.1 Å². The first-order valence-electron chi connectivity index (χ1n) is 7.05. The zero-order valence-corrected chi connectivity index (χ0v) is 13.1. The van der Waals surface area contributed by atoms with Gasteiger partial charge >= 0.3 is 0 Å². The molecule has 0 saturated carbocycles. The molecule has 1 aliphatic heterocycles. The fourth-order valence-electron chi connectivity index (χ4n) is 2.11. The molecule has 1 N–H and O–H groups in total. The molecule has 1 heterocycles. The molecule has 5 nitrogen and oxygen atoms in total. The summed E-state index contributed by atoms with van der Waals surface area (Å²) in [6.07, 6.45) is 1.60. The van der Waals surface area contributed by atoms with Crippen LogP contribution >= 0.6 is 12.4 Å². The van der Waals surface area contributed by atoms with Crippen molar-refractivity contribution >= 4 is 24.4 Å². The summed E-state index contributed by atoms with van der Waals surface area (Å²) >= 11 is 0. The first-order chi connectivity index (χ1) is 10.3. The van der Waals surface area contributed by atoms with Crippen LogP contribution in [0.25, 0.3) is 6.08 Å². The number of nitriles is 1. The molecule has 22 heavy (non-hydrogen) atoms. The van der Waals surface area contributed by atoms with Crippen LogP contribution < -0.4 is 5.32 Å². The molecule has 118 valence electrons. The lowest BCUT2D eigenvalue weighted by Gasteiger charge is -2.26. The standard InChI is InChI=1S/C16H19N3O2.ClH/c17-13-15(12-14-4-2-1-3-5-14)16(20)18-6-7-19-8-10-21-11-9-19;/h1-5,12H,6-11H2,(H,18,20);1H. The minimum atomic E-state index is -0.324. The normalized spacial score (nSPS) is 15.5. The summed E-state index contributed by atoms with van der Waals surface area (Å²) in [6.45, 7) is 4.57. The Hall–Kier alpha value is -1.87. The highest BCUT2D eigenvalue weighted by molar-refractivity contribution is 6.01. The summed E-state index contributed by atoms with van der Waals surface area (Å²) in [5, 5.41) is 11.9. The Morgan fingerprint density at radius 3 is 2.64 bits per heavy atom. The molecule has 1 saturated heterocycles. The van der Waals surface area contributed by atoms with Crippen molar-refractivity contribution in [2.24, 2.45) is 0 Å². The molecule has 1 fully saturated rings. The highest BCUT2D eigenvalue weighted by Gasteiger charge is 2.12. The first-order valence-corrected chi connectivity index (χ1v) is 7.05. The predicted molar refractivity (Wildman–Crippen MR) is 87.5 cm³/mol. The van der Waals surface area contributed by atoms with Crippen LogP contribution in [0.3, 0.4) is 0 Å². The number of morpholine rings is 1. The number of benzene rings is 1. The Bertz CT molecular complexity index is 534. The molecule has 1 amide bonds. The number of ether oxygens (including phenoxy) is 1. The smallest absolute Gasteiger partial charge is 0.261 e. The van der Waals surface area contributed by atoms with Gasteiger partial charge in [0.25, 0.3) is 5.91 Å². The Kier molecular flexibility index (Phi) is 8.23. The fraction of sp³-hybridized carbons (Fsp3) is 0.375. The second kappa shape index (κ2) is 9.96. The lowest BCUT2D eigenvalue weighted by atomic mass is 10.1. The Labute approximate surface area is 137 Å². The number of hydrogen-bond donors (Lipinski definition) is 1.